The highest BCUT2D eigenvalue weighted by Crippen LogP contribution is 2.29. The number of piperidine rings is 1. The maximum absolute atomic E-state index is 13.5. The van der Waals surface area contributed by atoms with E-state index in [1.54, 1.807) is 16.4 Å². The Morgan fingerprint density at radius 1 is 1.22 bits per heavy atom. The highest BCUT2D eigenvalue weighted by atomic mass is 32.2. The van der Waals surface area contributed by atoms with Crippen molar-refractivity contribution in [2.45, 2.75) is 25.8 Å². The van der Waals surface area contributed by atoms with E-state index in [2.05, 4.69) is 12.2 Å². The van der Waals surface area contributed by atoms with Gasteiger partial charge in [-0.1, -0.05) is 19.1 Å². The van der Waals surface area contributed by atoms with Gasteiger partial charge in [-0.05, 0) is 36.5 Å². The van der Waals surface area contributed by atoms with E-state index in [0.717, 1.165) is 12.8 Å². The summed E-state index contributed by atoms with van der Waals surface area (Å²) >= 11 is 0. The van der Waals surface area contributed by atoms with Crippen LogP contribution in [0, 0.1) is 11.7 Å². The summed E-state index contributed by atoms with van der Waals surface area (Å²) in [5.74, 6) is 0.237. The minimum Gasteiger partial charge on any atom is -0.313 e. The average molecular weight is 341 g/mol. The summed E-state index contributed by atoms with van der Waals surface area (Å²) in [7, 11) is -3.51. The van der Waals surface area contributed by atoms with E-state index in [9.17, 15) is 12.8 Å². The predicted octanol–water partition coefficient (Wildman–Crippen LogP) is 1.75. The molecule has 128 valence electrons. The number of benzene rings is 1. The molecule has 23 heavy (non-hydrogen) atoms. The molecule has 2 fully saturated rings. The molecule has 0 spiro atoms. The van der Waals surface area contributed by atoms with Gasteiger partial charge in [-0.25, -0.2) is 4.39 Å². The smallest absolute Gasteiger partial charge is 0.282 e. The van der Waals surface area contributed by atoms with Gasteiger partial charge in [0, 0.05) is 32.7 Å². The zero-order valence-electron chi connectivity index (χ0n) is 13.4. The average Bonchev–Trinajstić information content (AvgIpc) is 2.55. The number of rotatable bonds is 3. The molecule has 0 aromatic heterocycles. The van der Waals surface area contributed by atoms with Crippen LogP contribution < -0.4 is 5.32 Å². The van der Waals surface area contributed by atoms with Crippen molar-refractivity contribution in [1.82, 2.24) is 13.9 Å². The summed E-state index contributed by atoms with van der Waals surface area (Å²) in [6, 6.07) is 5.88. The second-order valence-corrected chi connectivity index (χ2v) is 8.36. The van der Waals surface area contributed by atoms with E-state index in [1.807, 2.05) is 0 Å². The zero-order valence-corrected chi connectivity index (χ0v) is 14.2. The quantitative estimate of drug-likeness (QED) is 0.911. The molecule has 1 unspecified atom stereocenters. The molecule has 7 heteroatoms. The molecule has 2 aliphatic heterocycles. The van der Waals surface area contributed by atoms with Crippen molar-refractivity contribution in [2.24, 2.45) is 5.92 Å². The first kappa shape index (κ1) is 16.8. The highest BCUT2D eigenvalue weighted by molar-refractivity contribution is 7.86. The van der Waals surface area contributed by atoms with Gasteiger partial charge in [0.2, 0.25) is 0 Å². The van der Waals surface area contributed by atoms with Gasteiger partial charge in [0.15, 0.2) is 0 Å². The molecule has 2 saturated heterocycles. The Labute approximate surface area is 137 Å². The normalized spacial score (nSPS) is 25.6. The number of piperazine rings is 1. The van der Waals surface area contributed by atoms with Crippen LogP contribution in [-0.4, -0.2) is 49.8 Å². The topological polar surface area (TPSA) is 52.7 Å². The molecule has 2 aliphatic rings. The predicted molar refractivity (Wildman–Crippen MR) is 87.6 cm³/mol. The summed E-state index contributed by atoms with van der Waals surface area (Å²) in [4.78, 5) is 0. The molecule has 0 amide bonds. The van der Waals surface area contributed by atoms with Crippen LogP contribution in [0.1, 0.15) is 31.4 Å². The van der Waals surface area contributed by atoms with Gasteiger partial charge in [-0.2, -0.15) is 17.0 Å². The standard InChI is InChI=1S/C16H24FN3O2S/c1-13-5-8-19(9-6-13)23(21,22)20-10-7-18-12-16(20)14-3-2-4-15(17)11-14/h2-4,11,13,16,18H,5-10,12H2,1H3. The maximum atomic E-state index is 13.5. The van der Waals surface area contributed by atoms with E-state index in [-0.39, 0.29) is 11.9 Å². The molecular weight excluding hydrogens is 317 g/mol. The van der Waals surface area contributed by atoms with E-state index in [1.165, 1.54) is 16.4 Å². The molecule has 1 aromatic rings. The first-order chi connectivity index (χ1) is 11.0. The van der Waals surface area contributed by atoms with Gasteiger partial charge in [0.05, 0.1) is 6.04 Å². The number of nitrogens with zero attached hydrogens (tertiary/aromatic N) is 2. The van der Waals surface area contributed by atoms with Gasteiger partial charge >= 0.3 is 0 Å². The fourth-order valence-electron chi connectivity index (χ4n) is 3.32. The molecule has 0 radical (unpaired) electrons. The second-order valence-electron chi connectivity index (χ2n) is 6.47. The molecule has 5 nitrogen and oxygen atoms in total. The molecule has 1 N–H and O–H groups in total. The Bertz CT molecular complexity index is 644. The van der Waals surface area contributed by atoms with Crippen LogP contribution in [0.5, 0.6) is 0 Å². The number of halogens is 1. The monoisotopic (exact) mass is 341 g/mol. The van der Waals surface area contributed by atoms with Crippen LogP contribution in [-0.2, 0) is 10.2 Å². The van der Waals surface area contributed by atoms with Crippen LogP contribution >= 0.6 is 0 Å². The Morgan fingerprint density at radius 2 is 1.96 bits per heavy atom. The van der Waals surface area contributed by atoms with Gasteiger partial charge in [0.25, 0.3) is 10.2 Å². The first-order valence-corrected chi connectivity index (χ1v) is 9.61. The molecular formula is C16H24FN3O2S. The van der Waals surface area contributed by atoms with Gasteiger partial charge in [-0.15, -0.1) is 0 Å². The minimum atomic E-state index is -3.51. The summed E-state index contributed by atoms with van der Waals surface area (Å²) < 4.78 is 42.8. The largest absolute Gasteiger partial charge is 0.313 e. The van der Waals surface area contributed by atoms with Crippen molar-refractivity contribution in [3.8, 4) is 0 Å². The number of hydrogen-bond donors (Lipinski definition) is 1. The summed E-state index contributed by atoms with van der Waals surface area (Å²) in [6.07, 6.45) is 1.80. The SMILES string of the molecule is CC1CCN(S(=O)(=O)N2CCNCC2c2cccc(F)c2)CC1. The molecule has 0 bridgehead atoms. The van der Waals surface area contributed by atoms with Crippen LogP contribution in [0.3, 0.4) is 0 Å². The van der Waals surface area contributed by atoms with E-state index in [0.29, 0.717) is 44.2 Å². The van der Waals surface area contributed by atoms with Crippen molar-refractivity contribution in [3.05, 3.63) is 35.6 Å². The first-order valence-electron chi connectivity index (χ1n) is 8.21. The van der Waals surface area contributed by atoms with Crippen LogP contribution in [0.2, 0.25) is 0 Å². The third kappa shape index (κ3) is 3.57. The maximum Gasteiger partial charge on any atom is 0.282 e. The zero-order chi connectivity index (χ0) is 16.4. The van der Waals surface area contributed by atoms with Gasteiger partial charge in [-0.3, -0.25) is 0 Å². The fraction of sp³-hybridized carbons (Fsp3) is 0.625. The lowest BCUT2D eigenvalue weighted by molar-refractivity contribution is 0.223. The molecule has 1 atom stereocenters. The van der Waals surface area contributed by atoms with Crippen molar-refractivity contribution in [2.75, 3.05) is 32.7 Å². The fourth-order valence-corrected chi connectivity index (χ4v) is 5.13. The number of hydrogen-bond acceptors (Lipinski definition) is 3. The Morgan fingerprint density at radius 3 is 2.65 bits per heavy atom. The minimum absolute atomic E-state index is 0.336. The summed E-state index contributed by atoms with van der Waals surface area (Å²) in [5.41, 5.74) is 0.700. The lowest BCUT2D eigenvalue weighted by Gasteiger charge is -2.40. The third-order valence-corrected chi connectivity index (χ3v) is 6.84. The summed E-state index contributed by atoms with van der Waals surface area (Å²) in [6.45, 7) is 4.84. The molecule has 2 heterocycles. The van der Waals surface area contributed by atoms with Crippen LogP contribution in [0.15, 0.2) is 24.3 Å². The summed E-state index contributed by atoms with van der Waals surface area (Å²) in [5, 5.41) is 3.22. The second kappa shape index (κ2) is 6.84. The van der Waals surface area contributed by atoms with Crippen LogP contribution in [0.25, 0.3) is 0 Å². The van der Waals surface area contributed by atoms with E-state index < -0.39 is 10.2 Å². The Kier molecular flexibility index (Phi) is 5.01. The highest BCUT2D eigenvalue weighted by Gasteiger charge is 2.38. The Hall–Kier alpha value is -1.02. The van der Waals surface area contributed by atoms with Crippen molar-refractivity contribution in [1.29, 1.82) is 0 Å². The third-order valence-electron chi connectivity index (χ3n) is 4.79. The molecule has 3 rings (SSSR count). The van der Waals surface area contributed by atoms with E-state index >= 15 is 0 Å². The number of nitrogens with one attached hydrogen (secondary N) is 1. The van der Waals surface area contributed by atoms with Crippen molar-refractivity contribution < 1.29 is 12.8 Å². The van der Waals surface area contributed by atoms with Crippen molar-refractivity contribution in [3.63, 3.8) is 0 Å². The lowest BCUT2D eigenvalue weighted by atomic mass is 10.0. The van der Waals surface area contributed by atoms with Crippen molar-refractivity contribution >= 4 is 10.2 Å². The van der Waals surface area contributed by atoms with Crippen LogP contribution in [0.4, 0.5) is 4.39 Å². The van der Waals surface area contributed by atoms with Gasteiger partial charge < -0.3 is 5.32 Å². The lowest BCUT2D eigenvalue weighted by Crippen LogP contribution is -2.54. The molecule has 1 aromatic carbocycles. The molecule has 0 saturated carbocycles. The van der Waals surface area contributed by atoms with Gasteiger partial charge in [0.1, 0.15) is 5.82 Å². The Balaban J connectivity index is 1.86. The molecule has 0 aliphatic carbocycles. The van der Waals surface area contributed by atoms with E-state index in [4.69, 9.17) is 0 Å².